The van der Waals surface area contributed by atoms with E-state index >= 15 is 0 Å². The van der Waals surface area contributed by atoms with Gasteiger partial charge in [-0.3, -0.25) is 4.79 Å². The highest BCUT2D eigenvalue weighted by atomic mass is 79.9. The molecule has 142 valence electrons. The van der Waals surface area contributed by atoms with Crippen LogP contribution in [0, 0.1) is 0 Å². The molecule has 2 N–H and O–H groups in total. The summed E-state index contributed by atoms with van der Waals surface area (Å²) in [6.45, 7) is 2.22. The Morgan fingerprint density at radius 2 is 2.19 bits per heavy atom. The van der Waals surface area contributed by atoms with E-state index in [9.17, 15) is 14.7 Å². The maximum absolute atomic E-state index is 12.5. The van der Waals surface area contributed by atoms with Crippen molar-refractivity contribution >= 4 is 32.9 Å². The molecule has 0 fully saturated rings. The first-order valence-electron chi connectivity index (χ1n) is 8.24. The number of fused-ring (bicyclic) bond motifs is 1. The summed E-state index contributed by atoms with van der Waals surface area (Å²) < 4.78 is 17.5. The molecule has 0 spiro atoms. The molecule has 2 unspecified atom stereocenters. The zero-order chi connectivity index (χ0) is 19.6. The van der Waals surface area contributed by atoms with E-state index < -0.39 is 29.0 Å². The number of allylic oxidation sites excluding steroid dienone is 2. The van der Waals surface area contributed by atoms with E-state index in [-0.39, 0.29) is 16.7 Å². The van der Waals surface area contributed by atoms with E-state index in [0.717, 1.165) is 6.07 Å². The number of halogens is 1. The monoisotopic (exact) mass is 436 g/mol. The van der Waals surface area contributed by atoms with Crippen LogP contribution in [0.1, 0.15) is 23.9 Å². The van der Waals surface area contributed by atoms with Gasteiger partial charge in [0, 0.05) is 10.5 Å². The molecule has 8 heteroatoms. The molecule has 0 aliphatic heterocycles. The van der Waals surface area contributed by atoms with Crippen LogP contribution in [0.15, 0.2) is 56.2 Å². The van der Waals surface area contributed by atoms with Crippen molar-refractivity contribution in [1.82, 2.24) is 0 Å². The third-order valence-electron chi connectivity index (χ3n) is 3.95. The summed E-state index contributed by atoms with van der Waals surface area (Å²) in [7, 11) is 0. The third kappa shape index (κ3) is 3.69. The lowest BCUT2D eigenvalue weighted by Gasteiger charge is -2.37. The van der Waals surface area contributed by atoms with Gasteiger partial charge in [-0.25, -0.2) is 4.79 Å². The molecular weight excluding hydrogens is 420 g/mol. The van der Waals surface area contributed by atoms with Crippen LogP contribution in [0.4, 0.5) is 0 Å². The largest absolute Gasteiger partial charge is 0.475 e. The molecule has 3 rings (SSSR count). The summed E-state index contributed by atoms with van der Waals surface area (Å²) in [5, 5.41) is 19.8. The number of benzene rings is 1. The minimum atomic E-state index is -1.55. The van der Waals surface area contributed by atoms with Gasteiger partial charge in [-0.05, 0) is 30.7 Å². The zero-order valence-corrected chi connectivity index (χ0v) is 15.9. The van der Waals surface area contributed by atoms with E-state index in [1.807, 2.05) is 6.92 Å². The summed E-state index contributed by atoms with van der Waals surface area (Å²) in [4.78, 5) is 23.6. The molecule has 0 amide bonds. The van der Waals surface area contributed by atoms with Crippen molar-refractivity contribution in [2.75, 3.05) is 6.61 Å². The number of hydrogen-bond donors (Lipinski definition) is 2. The van der Waals surface area contributed by atoms with E-state index in [4.69, 9.17) is 19.0 Å². The van der Waals surface area contributed by atoms with Crippen LogP contribution in [-0.2, 0) is 4.74 Å². The second-order valence-electron chi connectivity index (χ2n) is 5.89. The minimum Gasteiger partial charge on any atom is -0.475 e. The Balaban J connectivity index is 2.11. The second-order valence-corrected chi connectivity index (χ2v) is 6.81. The lowest BCUT2D eigenvalue weighted by atomic mass is 10.0. The lowest BCUT2D eigenvalue weighted by molar-refractivity contribution is -0.194. The standard InChI is InChI=1S/C19H17BrO7/c1-2-9-25-19(8-4-5-11(20)17(19)22)27-14-7-3-6-13-16(14)12(21)10-15(26-13)18(23)24/h3-8,10,17,22H,2,9H2,1H3,(H,23,24). The van der Waals surface area contributed by atoms with Gasteiger partial charge in [0.1, 0.15) is 16.7 Å². The van der Waals surface area contributed by atoms with Crippen LogP contribution in [0.5, 0.6) is 5.75 Å². The van der Waals surface area contributed by atoms with Crippen LogP contribution >= 0.6 is 15.9 Å². The fourth-order valence-electron chi connectivity index (χ4n) is 2.70. The van der Waals surface area contributed by atoms with Crippen LogP contribution in [0.2, 0.25) is 0 Å². The fourth-order valence-corrected chi connectivity index (χ4v) is 3.17. The number of aromatic carboxylic acids is 1. The third-order valence-corrected chi connectivity index (χ3v) is 4.65. The molecule has 1 aliphatic rings. The highest BCUT2D eigenvalue weighted by Crippen LogP contribution is 2.35. The number of hydrogen-bond acceptors (Lipinski definition) is 6. The van der Waals surface area contributed by atoms with Crippen molar-refractivity contribution in [1.29, 1.82) is 0 Å². The lowest BCUT2D eigenvalue weighted by Crippen LogP contribution is -2.50. The molecule has 2 atom stereocenters. The first kappa shape index (κ1) is 19.3. The maximum Gasteiger partial charge on any atom is 0.371 e. The number of rotatable bonds is 6. The Morgan fingerprint density at radius 3 is 2.89 bits per heavy atom. The van der Waals surface area contributed by atoms with E-state index in [1.54, 1.807) is 24.3 Å². The Bertz CT molecular complexity index is 991. The molecule has 1 aromatic carbocycles. The summed E-state index contributed by atoms with van der Waals surface area (Å²) >= 11 is 3.28. The molecule has 1 aromatic heterocycles. The van der Waals surface area contributed by atoms with Gasteiger partial charge in [0.05, 0.1) is 6.61 Å². The molecular formula is C19H17BrO7. The summed E-state index contributed by atoms with van der Waals surface area (Å²) in [6.07, 6.45) is 4.42. The number of carbonyl (C=O) groups is 1. The second kappa shape index (κ2) is 7.67. The Labute approximate surface area is 162 Å². The normalized spacial score (nSPS) is 21.9. The molecule has 0 radical (unpaired) electrons. The first-order valence-corrected chi connectivity index (χ1v) is 9.03. The predicted molar refractivity (Wildman–Crippen MR) is 101 cm³/mol. The Morgan fingerprint density at radius 1 is 1.41 bits per heavy atom. The quantitative estimate of drug-likeness (QED) is 0.669. The topological polar surface area (TPSA) is 106 Å². The van der Waals surface area contributed by atoms with Gasteiger partial charge in [-0.2, -0.15) is 0 Å². The average Bonchev–Trinajstić information content (AvgIpc) is 2.64. The van der Waals surface area contributed by atoms with Crippen molar-refractivity contribution in [3.63, 3.8) is 0 Å². The smallest absolute Gasteiger partial charge is 0.371 e. The summed E-state index contributed by atoms with van der Waals surface area (Å²) in [5.74, 6) is -3.25. The van der Waals surface area contributed by atoms with Gasteiger partial charge in [-0.1, -0.05) is 35.0 Å². The molecule has 2 aromatic rings. The predicted octanol–water partition coefficient (Wildman–Crippen LogP) is 3.20. The molecule has 7 nitrogen and oxygen atoms in total. The van der Waals surface area contributed by atoms with E-state index in [2.05, 4.69) is 15.9 Å². The number of carboxylic acids is 1. The average molecular weight is 437 g/mol. The molecule has 0 saturated heterocycles. The maximum atomic E-state index is 12.5. The number of carboxylic acid groups (broad SMARTS) is 1. The van der Waals surface area contributed by atoms with Crippen LogP contribution < -0.4 is 10.2 Å². The fraction of sp³-hybridized carbons (Fsp3) is 0.263. The molecule has 0 saturated carbocycles. The van der Waals surface area contributed by atoms with Crippen LogP contribution in [0.3, 0.4) is 0 Å². The van der Waals surface area contributed by atoms with Crippen LogP contribution in [0.25, 0.3) is 11.0 Å². The Hall–Kier alpha value is -2.42. The molecule has 27 heavy (non-hydrogen) atoms. The highest BCUT2D eigenvalue weighted by molar-refractivity contribution is 9.11. The van der Waals surface area contributed by atoms with E-state index in [1.165, 1.54) is 12.1 Å². The first-order chi connectivity index (χ1) is 12.9. The zero-order valence-electron chi connectivity index (χ0n) is 14.3. The van der Waals surface area contributed by atoms with Crippen LogP contribution in [-0.4, -0.2) is 34.7 Å². The minimum absolute atomic E-state index is 0.0620. The van der Waals surface area contributed by atoms with Crippen molar-refractivity contribution in [3.05, 3.63) is 63.0 Å². The molecule has 1 aliphatic carbocycles. The summed E-state index contributed by atoms with van der Waals surface area (Å²) in [5.41, 5.74) is -0.509. The number of aliphatic hydroxyl groups is 1. The van der Waals surface area contributed by atoms with Crippen molar-refractivity contribution < 1.29 is 28.9 Å². The van der Waals surface area contributed by atoms with Crippen molar-refractivity contribution in [2.45, 2.75) is 25.2 Å². The van der Waals surface area contributed by atoms with E-state index in [0.29, 0.717) is 17.5 Å². The number of aliphatic hydroxyl groups excluding tert-OH is 1. The molecule has 0 bridgehead atoms. The van der Waals surface area contributed by atoms with Gasteiger partial charge in [-0.15, -0.1) is 0 Å². The number of ether oxygens (including phenoxy) is 2. The molecule has 1 heterocycles. The van der Waals surface area contributed by atoms with Gasteiger partial charge >= 0.3 is 5.97 Å². The highest BCUT2D eigenvalue weighted by Gasteiger charge is 2.43. The Kier molecular flexibility index (Phi) is 5.50. The summed E-state index contributed by atoms with van der Waals surface area (Å²) in [6, 6.07) is 5.45. The van der Waals surface area contributed by atoms with Gasteiger partial charge in [0.2, 0.25) is 5.76 Å². The SMILES string of the molecule is CCCOC1(Oc2cccc3oc(C(=O)O)cc(=O)c23)C=CC=C(Br)C1O. The van der Waals surface area contributed by atoms with Crippen molar-refractivity contribution in [2.24, 2.45) is 0 Å². The van der Waals surface area contributed by atoms with Gasteiger partial charge in [0.15, 0.2) is 11.5 Å². The van der Waals surface area contributed by atoms with Gasteiger partial charge in [0.25, 0.3) is 5.79 Å². The van der Waals surface area contributed by atoms with Crippen molar-refractivity contribution in [3.8, 4) is 5.75 Å². The van der Waals surface area contributed by atoms with Gasteiger partial charge < -0.3 is 24.1 Å².